The Morgan fingerprint density at radius 3 is 2.18 bits per heavy atom. The van der Waals surface area contributed by atoms with E-state index >= 15 is 0 Å². The lowest BCUT2D eigenvalue weighted by molar-refractivity contribution is 0.0936. The summed E-state index contributed by atoms with van der Waals surface area (Å²) in [5, 5.41) is 3.20. The van der Waals surface area contributed by atoms with Gasteiger partial charge in [0.25, 0.3) is 15.9 Å². The van der Waals surface area contributed by atoms with Crippen LogP contribution in [0, 0.1) is 0 Å². The van der Waals surface area contributed by atoms with E-state index in [0.29, 0.717) is 11.3 Å². The molecule has 0 unspecified atom stereocenters. The van der Waals surface area contributed by atoms with Crippen molar-refractivity contribution >= 4 is 21.6 Å². The van der Waals surface area contributed by atoms with Gasteiger partial charge in [-0.1, -0.05) is 85.8 Å². The molecule has 1 amide bonds. The van der Waals surface area contributed by atoms with Crippen LogP contribution < -0.4 is 9.62 Å². The number of nitrogens with one attached hydrogen (secondary N) is 1. The molecular weight excluding hydrogens is 504 g/mol. The molecule has 1 N–H and O–H groups in total. The van der Waals surface area contributed by atoms with Gasteiger partial charge in [-0.05, 0) is 78.6 Å². The molecule has 39 heavy (non-hydrogen) atoms. The summed E-state index contributed by atoms with van der Waals surface area (Å²) in [7, 11) is -3.95. The van der Waals surface area contributed by atoms with Crippen LogP contribution in [0.5, 0.6) is 0 Å². The molecule has 4 aromatic rings. The van der Waals surface area contributed by atoms with E-state index in [1.807, 2.05) is 30.3 Å². The first kappa shape index (κ1) is 26.7. The molecule has 1 atom stereocenters. The van der Waals surface area contributed by atoms with Gasteiger partial charge in [-0.15, -0.1) is 0 Å². The molecule has 0 heterocycles. The van der Waals surface area contributed by atoms with E-state index in [4.69, 9.17) is 0 Å². The summed E-state index contributed by atoms with van der Waals surface area (Å²) in [6.45, 7) is 2.16. The number of aryl methyl sites for hydroxylation is 2. The second-order valence-electron chi connectivity index (χ2n) is 10.00. The van der Waals surface area contributed by atoms with Crippen molar-refractivity contribution in [1.29, 1.82) is 0 Å². The Kier molecular flexibility index (Phi) is 8.13. The third kappa shape index (κ3) is 5.91. The molecule has 5 rings (SSSR count). The topological polar surface area (TPSA) is 66.5 Å². The number of benzene rings is 4. The van der Waals surface area contributed by atoms with E-state index in [9.17, 15) is 13.2 Å². The minimum atomic E-state index is -3.95. The van der Waals surface area contributed by atoms with Crippen LogP contribution in [0.3, 0.4) is 0 Å². The van der Waals surface area contributed by atoms with Gasteiger partial charge < -0.3 is 5.32 Å². The molecule has 1 aliphatic carbocycles. The second kappa shape index (κ2) is 11.9. The average molecular weight is 539 g/mol. The van der Waals surface area contributed by atoms with Gasteiger partial charge in [0.2, 0.25) is 0 Å². The highest BCUT2D eigenvalue weighted by atomic mass is 32.2. The van der Waals surface area contributed by atoms with Crippen molar-refractivity contribution in [3.8, 4) is 0 Å². The zero-order valence-electron chi connectivity index (χ0n) is 22.2. The van der Waals surface area contributed by atoms with Crippen LogP contribution in [0.2, 0.25) is 0 Å². The lowest BCUT2D eigenvalue weighted by Gasteiger charge is -2.27. The summed E-state index contributed by atoms with van der Waals surface area (Å²) < 4.78 is 29.2. The monoisotopic (exact) mass is 538 g/mol. The average Bonchev–Trinajstić information content (AvgIpc) is 2.99. The number of rotatable bonds is 9. The summed E-state index contributed by atoms with van der Waals surface area (Å²) in [4.78, 5) is 14.0. The van der Waals surface area contributed by atoms with E-state index in [1.165, 1.54) is 28.3 Å². The maximum absolute atomic E-state index is 13.9. The van der Waals surface area contributed by atoms with E-state index in [2.05, 4.69) is 30.4 Å². The fourth-order valence-electron chi connectivity index (χ4n) is 5.28. The van der Waals surface area contributed by atoms with Crippen LogP contribution >= 0.6 is 0 Å². The van der Waals surface area contributed by atoms with Crippen LogP contribution in [-0.4, -0.2) is 14.3 Å². The van der Waals surface area contributed by atoms with E-state index in [-0.39, 0.29) is 23.4 Å². The fourth-order valence-corrected chi connectivity index (χ4v) is 6.77. The van der Waals surface area contributed by atoms with Crippen LogP contribution in [0.15, 0.2) is 108 Å². The Bertz CT molecular complexity index is 1540. The Balaban J connectivity index is 1.50. The molecule has 0 aromatic heterocycles. The highest BCUT2D eigenvalue weighted by molar-refractivity contribution is 7.92. The second-order valence-corrected chi connectivity index (χ2v) is 11.9. The molecule has 200 valence electrons. The minimum Gasteiger partial charge on any atom is -0.345 e. The van der Waals surface area contributed by atoms with Gasteiger partial charge in [0.1, 0.15) is 0 Å². The maximum Gasteiger partial charge on any atom is 0.264 e. The van der Waals surface area contributed by atoms with Crippen molar-refractivity contribution in [2.24, 2.45) is 0 Å². The summed E-state index contributed by atoms with van der Waals surface area (Å²) in [6, 6.07) is 31.1. The first-order valence-electron chi connectivity index (χ1n) is 13.6. The van der Waals surface area contributed by atoms with Gasteiger partial charge in [-0.2, -0.15) is 0 Å². The molecule has 1 aliphatic rings. The number of amides is 1. The molecule has 5 nitrogen and oxygen atoms in total. The van der Waals surface area contributed by atoms with E-state index in [0.717, 1.165) is 30.4 Å². The number of para-hydroxylation sites is 1. The number of anilines is 1. The third-order valence-corrected chi connectivity index (χ3v) is 9.18. The van der Waals surface area contributed by atoms with Crippen LogP contribution in [-0.2, 0) is 29.4 Å². The quantitative estimate of drug-likeness (QED) is 0.254. The molecule has 0 saturated carbocycles. The van der Waals surface area contributed by atoms with Crippen LogP contribution in [0.4, 0.5) is 5.69 Å². The third-order valence-electron chi connectivity index (χ3n) is 7.41. The van der Waals surface area contributed by atoms with Gasteiger partial charge in [0.05, 0.1) is 28.7 Å². The van der Waals surface area contributed by atoms with Crippen molar-refractivity contribution in [2.45, 2.75) is 56.5 Å². The molecule has 0 aliphatic heterocycles. The standard InChI is InChI=1S/C33H34N2O3S/c1-2-31(28-22-21-26-15-9-10-16-27(26)23-28)34-33(36)30-19-11-12-20-32(30)35(24-25-13-5-3-6-14-25)39(37,38)29-17-7-4-8-18-29/h3-8,11-14,17-23,31H,2,9-10,15-16,24H2,1H3,(H,34,36)/t31-/m1/s1. The van der Waals surface area contributed by atoms with Gasteiger partial charge in [0.15, 0.2) is 0 Å². The minimum absolute atomic E-state index is 0.102. The number of carbonyl (C=O) groups excluding carboxylic acids is 1. The number of nitrogens with zero attached hydrogens (tertiary/aromatic N) is 1. The number of sulfonamides is 1. The lowest BCUT2D eigenvalue weighted by Crippen LogP contribution is -2.34. The van der Waals surface area contributed by atoms with E-state index < -0.39 is 10.0 Å². The molecule has 4 aromatic carbocycles. The number of carbonyl (C=O) groups is 1. The highest BCUT2D eigenvalue weighted by Gasteiger charge is 2.29. The zero-order valence-corrected chi connectivity index (χ0v) is 23.0. The van der Waals surface area contributed by atoms with E-state index in [1.54, 1.807) is 54.6 Å². The SMILES string of the molecule is CC[C@@H](NC(=O)c1ccccc1N(Cc1ccccc1)S(=O)(=O)c1ccccc1)c1ccc2c(c1)CCCC2. The van der Waals surface area contributed by atoms with Crippen LogP contribution in [0.25, 0.3) is 0 Å². The predicted molar refractivity (Wildman–Crippen MR) is 156 cm³/mol. The number of fused-ring (bicyclic) bond motifs is 1. The molecule has 0 fully saturated rings. The highest BCUT2D eigenvalue weighted by Crippen LogP contribution is 2.31. The number of hydrogen-bond acceptors (Lipinski definition) is 3. The summed E-state index contributed by atoms with van der Waals surface area (Å²) in [5.74, 6) is -0.295. The summed E-state index contributed by atoms with van der Waals surface area (Å²) in [6.07, 6.45) is 5.33. The first-order valence-corrected chi connectivity index (χ1v) is 15.0. The molecule has 0 bridgehead atoms. The van der Waals surface area contributed by atoms with Crippen LogP contribution in [0.1, 0.15) is 64.8 Å². The predicted octanol–water partition coefficient (Wildman–Crippen LogP) is 6.84. The zero-order chi connectivity index (χ0) is 27.2. The first-order chi connectivity index (χ1) is 19.0. The molecule has 0 spiro atoms. The van der Waals surface area contributed by atoms with Crippen molar-refractivity contribution in [3.05, 3.63) is 131 Å². The molecular formula is C33H34N2O3S. The smallest absolute Gasteiger partial charge is 0.264 e. The Hall–Kier alpha value is -3.90. The summed E-state index contributed by atoms with van der Waals surface area (Å²) >= 11 is 0. The Morgan fingerprint density at radius 1 is 0.821 bits per heavy atom. The van der Waals surface area contributed by atoms with Crippen molar-refractivity contribution in [1.82, 2.24) is 5.32 Å². The fraction of sp³-hybridized carbons (Fsp3) is 0.242. The van der Waals surface area contributed by atoms with Crippen molar-refractivity contribution < 1.29 is 13.2 Å². The van der Waals surface area contributed by atoms with Gasteiger partial charge in [0, 0.05) is 0 Å². The maximum atomic E-state index is 13.9. The normalized spacial score (nSPS) is 13.8. The van der Waals surface area contributed by atoms with Gasteiger partial charge in [-0.25, -0.2) is 8.42 Å². The lowest BCUT2D eigenvalue weighted by atomic mass is 9.88. The Morgan fingerprint density at radius 2 is 1.46 bits per heavy atom. The van der Waals surface area contributed by atoms with Crippen molar-refractivity contribution in [2.75, 3.05) is 4.31 Å². The molecule has 0 saturated heterocycles. The summed E-state index contributed by atoms with van der Waals surface area (Å²) in [5.41, 5.74) is 5.36. The Labute approximate surface area is 231 Å². The largest absolute Gasteiger partial charge is 0.345 e. The van der Waals surface area contributed by atoms with Gasteiger partial charge >= 0.3 is 0 Å². The molecule has 6 heteroatoms. The number of hydrogen-bond donors (Lipinski definition) is 1. The van der Waals surface area contributed by atoms with Crippen molar-refractivity contribution in [3.63, 3.8) is 0 Å². The molecule has 0 radical (unpaired) electrons. The van der Waals surface area contributed by atoms with Gasteiger partial charge in [-0.3, -0.25) is 9.10 Å².